The Labute approximate surface area is 167 Å². The van der Waals surface area contributed by atoms with E-state index in [4.69, 9.17) is 16.0 Å². The van der Waals surface area contributed by atoms with Crippen LogP contribution in [0.15, 0.2) is 82.3 Å². The van der Waals surface area contributed by atoms with Gasteiger partial charge in [0.1, 0.15) is 5.76 Å². The fourth-order valence-corrected chi connectivity index (χ4v) is 3.53. The fourth-order valence-electron chi connectivity index (χ4n) is 2.34. The quantitative estimate of drug-likeness (QED) is 0.568. The molecule has 2 aromatic carbocycles. The molecule has 0 aliphatic carbocycles. The molecule has 0 atom stereocenters. The van der Waals surface area contributed by atoms with Crippen molar-refractivity contribution in [2.45, 2.75) is 11.4 Å². The van der Waals surface area contributed by atoms with Gasteiger partial charge in [-0.25, -0.2) is 13.1 Å². The molecule has 2 N–H and O–H groups in total. The third-order valence-electron chi connectivity index (χ3n) is 3.73. The van der Waals surface area contributed by atoms with Gasteiger partial charge < -0.3 is 9.73 Å². The molecule has 1 aromatic heterocycles. The average molecular weight is 417 g/mol. The Hall–Kier alpha value is -2.87. The van der Waals surface area contributed by atoms with Crippen LogP contribution < -0.4 is 10.0 Å². The first-order chi connectivity index (χ1) is 13.4. The molecule has 0 spiro atoms. The van der Waals surface area contributed by atoms with Crippen LogP contribution in [-0.2, 0) is 21.4 Å². The molecule has 3 aromatic rings. The highest BCUT2D eigenvalue weighted by atomic mass is 35.5. The molecule has 0 saturated carbocycles. The minimum Gasteiger partial charge on any atom is -0.468 e. The van der Waals surface area contributed by atoms with E-state index in [1.807, 2.05) is 0 Å². The number of amides is 1. The lowest BCUT2D eigenvalue weighted by Crippen LogP contribution is -2.22. The van der Waals surface area contributed by atoms with Gasteiger partial charge in [-0.15, -0.1) is 0 Å². The summed E-state index contributed by atoms with van der Waals surface area (Å²) in [5.41, 5.74) is 1.28. The zero-order valence-electron chi connectivity index (χ0n) is 14.6. The Bertz CT molecular complexity index is 1080. The third-order valence-corrected chi connectivity index (χ3v) is 5.38. The molecule has 0 fully saturated rings. The van der Waals surface area contributed by atoms with Gasteiger partial charge in [0.25, 0.3) is 0 Å². The summed E-state index contributed by atoms with van der Waals surface area (Å²) in [6, 6.07) is 16.4. The number of furan rings is 1. The molecule has 28 heavy (non-hydrogen) atoms. The standard InChI is InChI=1S/C20H17ClN2O4S/c21-16-3-1-4-17(13-16)23-20(24)11-8-15-6-9-19(10-7-15)28(25,26)22-14-18-5-2-12-27-18/h1-13,22H,14H2,(H,23,24)/b11-8+. The lowest BCUT2D eigenvalue weighted by atomic mass is 10.2. The second-order valence-corrected chi connectivity index (χ2v) is 8.01. The summed E-state index contributed by atoms with van der Waals surface area (Å²) in [5, 5.41) is 3.22. The lowest BCUT2D eigenvalue weighted by Gasteiger charge is -2.06. The minimum absolute atomic E-state index is 0.0701. The van der Waals surface area contributed by atoms with E-state index in [-0.39, 0.29) is 17.3 Å². The van der Waals surface area contributed by atoms with Crippen molar-refractivity contribution in [3.63, 3.8) is 0 Å². The van der Waals surface area contributed by atoms with Crippen molar-refractivity contribution in [1.82, 2.24) is 4.72 Å². The number of sulfonamides is 1. The molecule has 3 rings (SSSR count). The van der Waals surface area contributed by atoms with E-state index >= 15 is 0 Å². The number of anilines is 1. The first kappa shape index (κ1) is 19.9. The van der Waals surface area contributed by atoms with Gasteiger partial charge >= 0.3 is 0 Å². The van der Waals surface area contributed by atoms with Crippen LogP contribution in [0.1, 0.15) is 11.3 Å². The van der Waals surface area contributed by atoms with Gasteiger partial charge in [0.15, 0.2) is 0 Å². The highest BCUT2D eigenvalue weighted by Crippen LogP contribution is 2.15. The van der Waals surface area contributed by atoms with E-state index in [0.717, 1.165) is 0 Å². The Morgan fingerprint density at radius 3 is 2.54 bits per heavy atom. The Kier molecular flexibility index (Phi) is 6.30. The van der Waals surface area contributed by atoms with Crippen LogP contribution in [0.2, 0.25) is 5.02 Å². The van der Waals surface area contributed by atoms with Crippen LogP contribution in [0, 0.1) is 0 Å². The van der Waals surface area contributed by atoms with Gasteiger partial charge in [-0.2, -0.15) is 0 Å². The van der Waals surface area contributed by atoms with E-state index in [2.05, 4.69) is 10.0 Å². The molecule has 144 valence electrons. The second-order valence-electron chi connectivity index (χ2n) is 5.81. The van der Waals surface area contributed by atoms with Crippen molar-refractivity contribution < 1.29 is 17.6 Å². The van der Waals surface area contributed by atoms with Crippen molar-refractivity contribution in [1.29, 1.82) is 0 Å². The minimum atomic E-state index is -3.66. The normalized spacial score (nSPS) is 11.6. The number of hydrogen-bond acceptors (Lipinski definition) is 4. The number of carbonyl (C=O) groups is 1. The molecule has 0 bridgehead atoms. The fraction of sp³-hybridized carbons (Fsp3) is 0.0500. The van der Waals surface area contributed by atoms with Gasteiger partial charge in [0, 0.05) is 16.8 Å². The molecule has 0 aliphatic rings. The molecule has 0 aliphatic heterocycles. The van der Waals surface area contributed by atoms with E-state index in [9.17, 15) is 13.2 Å². The highest BCUT2D eigenvalue weighted by molar-refractivity contribution is 7.89. The summed E-state index contributed by atoms with van der Waals surface area (Å²) in [4.78, 5) is 12.1. The zero-order valence-corrected chi connectivity index (χ0v) is 16.2. The van der Waals surface area contributed by atoms with Crippen molar-refractivity contribution in [2.75, 3.05) is 5.32 Å². The maximum Gasteiger partial charge on any atom is 0.248 e. The van der Waals surface area contributed by atoms with Crippen molar-refractivity contribution in [3.8, 4) is 0 Å². The predicted octanol–water partition coefficient (Wildman–Crippen LogP) is 4.06. The predicted molar refractivity (Wildman–Crippen MR) is 108 cm³/mol. The topological polar surface area (TPSA) is 88.4 Å². The van der Waals surface area contributed by atoms with Gasteiger partial charge in [-0.1, -0.05) is 29.8 Å². The Morgan fingerprint density at radius 2 is 1.86 bits per heavy atom. The van der Waals surface area contributed by atoms with Gasteiger partial charge in [0.05, 0.1) is 17.7 Å². The smallest absolute Gasteiger partial charge is 0.248 e. The number of halogens is 1. The second kappa shape index (κ2) is 8.88. The Balaban J connectivity index is 1.60. The lowest BCUT2D eigenvalue weighted by molar-refractivity contribution is -0.111. The average Bonchev–Trinajstić information content (AvgIpc) is 3.19. The highest BCUT2D eigenvalue weighted by Gasteiger charge is 2.13. The van der Waals surface area contributed by atoms with E-state index in [1.54, 1.807) is 54.6 Å². The van der Waals surface area contributed by atoms with Crippen molar-refractivity contribution >= 4 is 39.3 Å². The monoisotopic (exact) mass is 416 g/mol. The molecule has 1 amide bonds. The van der Waals surface area contributed by atoms with Crippen LogP contribution in [-0.4, -0.2) is 14.3 Å². The largest absolute Gasteiger partial charge is 0.468 e. The summed E-state index contributed by atoms with van der Waals surface area (Å²) in [6.45, 7) is 0.0701. The van der Waals surface area contributed by atoms with E-state index in [1.165, 1.54) is 24.5 Å². The number of rotatable bonds is 7. The maximum absolute atomic E-state index is 12.3. The van der Waals surface area contributed by atoms with Crippen molar-refractivity contribution in [2.24, 2.45) is 0 Å². The summed E-state index contributed by atoms with van der Waals surface area (Å²) < 4.78 is 32.2. The Morgan fingerprint density at radius 1 is 1.07 bits per heavy atom. The molecule has 0 radical (unpaired) electrons. The third kappa shape index (κ3) is 5.56. The number of carbonyl (C=O) groups excluding carboxylic acids is 1. The maximum atomic E-state index is 12.3. The van der Waals surface area contributed by atoms with Gasteiger partial charge in [-0.3, -0.25) is 4.79 Å². The number of hydrogen-bond donors (Lipinski definition) is 2. The molecule has 1 heterocycles. The van der Waals surface area contributed by atoms with Crippen LogP contribution in [0.5, 0.6) is 0 Å². The summed E-state index contributed by atoms with van der Waals surface area (Å²) in [6.07, 6.45) is 4.43. The van der Waals surface area contributed by atoms with Crippen LogP contribution in [0.4, 0.5) is 5.69 Å². The molecule has 0 saturated heterocycles. The van der Waals surface area contributed by atoms with E-state index < -0.39 is 10.0 Å². The van der Waals surface area contributed by atoms with Crippen LogP contribution in [0.3, 0.4) is 0 Å². The summed E-state index contributed by atoms with van der Waals surface area (Å²) in [5.74, 6) is 0.202. The summed E-state index contributed by atoms with van der Waals surface area (Å²) in [7, 11) is -3.66. The SMILES string of the molecule is O=C(/C=C/c1ccc(S(=O)(=O)NCc2ccco2)cc1)Nc1cccc(Cl)c1. The number of benzene rings is 2. The molecule has 8 heteroatoms. The summed E-state index contributed by atoms with van der Waals surface area (Å²) >= 11 is 5.88. The molecular formula is C20H17ClN2O4S. The zero-order chi connectivity index (χ0) is 20.0. The van der Waals surface area contributed by atoms with Gasteiger partial charge in [-0.05, 0) is 54.1 Å². The van der Waals surface area contributed by atoms with Crippen LogP contribution >= 0.6 is 11.6 Å². The first-order valence-electron chi connectivity index (χ1n) is 8.29. The first-order valence-corrected chi connectivity index (χ1v) is 10.2. The van der Waals surface area contributed by atoms with E-state index in [0.29, 0.717) is 22.0 Å². The number of nitrogens with one attached hydrogen (secondary N) is 2. The van der Waals surface area contributed by atoms with Gasteiger partial charge in [0.2, 0.25) is 15.9 Å². The molecule has 6 nitrogen and oxygen atoms in total. The van der Waals surface area contributed by atoms with Crippen LogP contribution in [0.25, 0.3) is 6.08 Å². The molecular weight excluding hydrogens is 400 g/mol. The van der Waals surface area contributed by atoms with Crippen molar-refractivity contribution in [3.05, 3.63) is 89.3 Å². The molecule has 0 unspecified atom stereocenters.